The number of ether oxygens (including phenoxy) is 1. The molecule has 1 N–H and O–H groups in total. The second-order valence-electron chi connectivity index (χ2n) is 3.22. The number of nitrogens with zero attached hydrogens (tertiary/aromatic N) is 1. The van der Waals surface area contributed by atoms with Crippen molar-refractivity contribution >= 4 is 18.2 Å². The molecule has 0 bridgehead atoms. The van der Waals surface area contributed by atoms with Crippen molar-refractivity contribution in [3.63, 3.8) is 0 Å². The predicted octanol–water partition coefficient (Wildman–Crippen LogP) is 2.58. The van der Waals surface area contributed by atoms with Crippen molar-refractivity contribution in [2.45, 2.75) is 6.92 Å². The smallest absolute Gasteiger partial charge is 0.338 e. The lowest BCUT2D eigenvalue weighted by molar-refractivity contribution is 0.0526. The van der Waals surface area contributed by atoms with Crippen LogP contribution in [0.2, 0.25) is 0 Å². The number of carbonyl (C=O) groups is 1. The van der Waals surface area contributed by atoms with Crippen LogP contribution in [0.15, 0.2) is 28.7 Å². The number of benzene rings is 1. The monoisotopic (exact) mass is 250 g/mol. The fraction of sp³-hybridized carbons (Fsp3) is 0.182. The second-order valence-corrected chi connectivity index (χ2v) is 3.59. The van der Waals surface area contributed by atoms with Gasteiger partial charge < -0.3 is 9.15 Å². The molecule has 0 aliphatic heterocycles. The minimum atomic E-state index is -0.345. The Balaban J connectivity index is 2.24. The molecule has 1 heterocycles. The van der Waals surface area contributed by atoms with Crippen LogP contribution in [0.5, 0.6) is 0 Å². The van der Waals surface area contributed by atoms with Gasteiger partial charge in [0.05, 0.1) is 12.2 Å². The van der Waals surface area contributed by atoms with Gasteiger partial charge in [-0.25, -0.2) is 9.89 Å². The molecule has 88 valence electrons. The predicted molar refractivity (Wildman–Crippen MR) is 63.1 cm³/mol. The molecular weight excluding hydrogens is 240 g/mol. The van der Waals surface area contributed by atoms with Gasteiger partial charge in [-0.15, -0.1) is 5.10 Å². The van der Waals surface area contributed by atoms with Gasteiger partial charge in [0, 0.05) is 5.56 Å². The minimum absolute atomic E-state index is 0.217. The molecule has 0 saturated heterocycles. The van der Waals surface area contributed by atoms with Crippen molar-refractivity contribution in [1.29, 1.82) is 0 Å². The molecule has 5 nitrogen and oxygen atoms in total. The summed E-state index contributed by atoms with van der Waals surface area (Å²) in [5, 5.41) is 6.42. The maximum Gasteiger partial charge on any atom is 0.338 e. The van der Waals surface area contributed by atoms with E-state index in [1.165, 1.54) is 0 Å². The molecule has 0 saturated carbocycles. The first kappa shape index (κ1) is 11.5. The minimum Gasteiger partial charge on any atom is -0.462 e. The van der Waals surface area contributed by atoms with E-state index >= 15 is 0 Å². The molecule has 0 atom stereocenters. The maximum absolute atomic E-state index is 11.4. The van der Waals surface area contributed by atoms with Gasteiger partial charge in [0.1, 0.15) is 0 Å². The molecule has 17 heavy (non-hydrogen) atoms. The fourth-order valence-corrected chi connectivity index (χ4v) is 1.44. The Hall–Kier alpha value is -1.95. The number of aromatic amines is 1. The third kappa shape index (κ3) is 2.59. The topological polar surface area (TPSA) is 68.1 Å². The molecule has 0 aliphatic carbocycles. The van der Waals surface area contributed by atoms with Crippen LogP contribution in [0.3, 0.4) is 0 Å². The number of hydrogen-bond donors (Lipinski definition) is 1. The van der Waals surface area contributed by atoms with Gasteiger partial charge in [0.2, 0.25) is 5.89 Å². The number of esters is 1. The van der Waals surface area contributed by atoms with E-state index in [2.05, 4.69) is 10.2 Å². The molecule has 0 amide bonds. The Morgan fingerprint density at radius 1 is 1.47 bits per heavy atom. The first-order chi connectivity index (χ1) is 8.20. The highest BCUT2D eigenvalue weighted by Gasteiger charge is 2.08. The Morgan fingerprint density at radius 3 is 2.71 bits per heavy atom. The van der Waals surface area contributed by atoms with Crippen LogP contribution in [0.25, 0.3) is 11.5 Å². The van der Waals surface area contributed by atoms with Crippen LogP contribution in [0.4, 0.5) is 0 Å². The third-order valence-corrected chi connectivity index (χ3v) is 2.26. The van der Waals surface area contributed by atoms with Crippen molar-refractivity contribution in [2.75, 3.05) is 6.61 Å². The average Bonchev–Trinajstić information content (AvgIpc) is 2.76. The standard InChI is InChI=1S/C11H10N2O3S/c1-2-15-10(14)8-5-3-7(4-6-8)9-12-13-11(17)16-9/h3-6H,2H2,1H3,(H,13,17). The third-order valence-electron chi connectivity index (χ3n) is 2.08. The summed E-state index contributed by atoms with van der Waals surface area (Å²) in [6, 6.07) is 6.75. The number of rotatable bonds is 3. The second kappa shape index (κ2) is 4.92. The van der Waals surface area contributed by atoms with Crippen LogP contribution in [0.1, 0.15) is 17.3 Å². The molecule has 1 aromatic heterocycles. The molecule has 0 aliphatic rings. The van der Waals surface area contributed by atoms with Crippen molar-refractivity contribution in [3.8, 4) is 11.5 Å². The Labute approximate surface area is 102 Å². The first-order valence-corrected chi connectivity index (χ1v) is 5.44. The van der Waals surface area contributed by atoms with Gasteiger partial charge in [0.25, 0.3) is 4.84 Å². The Morgan fingerprint density at radius 2 is 2.18 bits per heavy atom. The molecule has 1 aromatic carbocycles. The molecule has 6 heteroatoms. The quantitative estimate of drug-likeness (QED) is 0.669. The SMILES string of the molecule is CCOC(=O)c1ccc(-c2n[nH]c(=S)o2)cc1. The van der Waals surface area contributed by atoms with Crippen molar-refractivity contribution < 1.29 is 13.9 Å². The van der Waals surface area contributed by atoms with E-state index < -0.39 is 0 Å². The van der Waals surface area contributed by atoms with Crippen LogP contribution in [-0.2, 0) is 4.74 Å². The maximum atomic E-state index is 11.4. The first-order valence-electron chi connectivity index (χ1n) is 5.03. The lowest BCUT2D eigenvalue weighted by Gasteiger charge is -2.01. The highest BCUT2D eigenvalue weighted by atomic mass is 32.1. The summed E-state index contributed by atoms with van der Waals surface area (Å²) in [5.74, 6) is 0.0485. The lowest BCUT2D eigenvalue weighted by atomic mass is 10.1. The number of aromatic nitrogens is 2. The summed E-state index contributed by atoms with van der Waals surface area (Å²) in [6.07, 6.45) is 0. The van der Waals surface area contributed by atoms with Crippen LogP contribution in [0, 0.1) is 4.84 Å². The van der Waals surface area contributed by atoms with Gasteiger partial charge >= 0.3 is 5.97 Å². The Bertz CT molecular complexity index is 571. The number of carbonyl (C=O) groups excluding carboxylic acids is 1. The van der Waals surface area contributed by atoms with E-state index in [-0.39, 0.29) is 10.8 Å². The summed E-state index contributed by atoms with van der Waals surface area (Å²) < 4.78 is 10.0. The zero-order valence-electron chi connectivity index (χ0n) is 9.10. The molecule has 2 rings (SSSR count). The van der Waals surface area contributed by atoms with Crippen LogP contribution < -0.4 is 0 Å². The van der Waals surface area contributed by atoms with Crippen LogP contribution in [-0.4, -0.2) is 22.8 Å². The summed E-state index contributed by atoms with van der Waals surface area (Å²) >= 11 is 4.78. The number of nitrogens with one attached hydrogen (secondary N) is 1. The molecular formula is C11H10N2O3S. The molecule has 0 unspecified atom stereocenters. The molecule has 0 radical (unpaired) electrons. The zero-order valence-corrected chi connectivity index (χ0v) is 9.91. The van der Waals surface area contributed by atoms with E-state index in [0.29, 0.717) is 18.1 Å². The summed E-state index contributed by atoms with van der Waals surface area (Å²) in [6.45, 7) is 2.12. The number of hydrogen-bond acceptors (Lipinski definition) is 5. The van der Waals surface area contributed by atoms with Gasteiger partial charge in [0.15, 0.2) is 0 Å². The summed E-state index contributed by atoms with van der Waals surface area (Å²) in [7, 11) is 0. The van der Waals surface area contributed by atoms with Crippen LogP contribution >= 0.6 is 12.2 Å². The van der Waals surface area contributed by atoms with Gasteiger partial charge in [-0.3, -0.25) is 0 Å². The van der Waals surface area contributed by atoms with Gasteiger partial charge in [-0.1, -0.05) is 0 Å². The van der Waals surface area contributed by atoms with E-state index in [4.69, 9.17) is 21.4 Å². The summed E-state index contributed by atoms with van der Waals surface area (Å²) in [5.41, 5.74) is 1.23. The van der Waals surface area contributed by atoms with E-state index in [1.54, 1.807) is 31.2 Å². The fourth-order valence-electron chi connectivity index (χ4n) is 1.32. The zero-order chi connectivity index (χ0) is 12.3. The average molecular weight is 250 g/mol. The van der Waals surface area contributed by atoms with Crippen molar-refractivity contribution in [1.82, 2.24) is 10.2 Å². The lowest BCUT2D eigenvalue weighted by Crippen LogP contribution is -2.03. The van der Waals surface area contributed by atoms with Crippen molar-refractivity contribution in [2.24, 2.45) is 0 Å². The van der Waals surface area contributed by atoms with Gasteiger partial charge in [-0.2, -0.15) is 0 Å². The van der Waals surface area contributed by atoms with E-state index in [9.17, 15) is 4.79 Å². The molecule has 0 spiro atoms. The summed E-state index contributed by atoms with van der Waals surface area (Å²) in [4.78, 5) is 11.6. The van der Waals surface area contributed by atoms with Gasteiger partial charge in [-0.05, 0) is 43.4 Å². The van der Waals surface area contributed by atoms with E-state index in [1.807, 2.05) is 0 Å². The Kier molecular flexibility index (Phi) is 3.34. The van der Waals surface area contributed by atoms with E-state index in [0.717, 1.165) is 5.56 Å². The number of H-pyrrole nitrogens is 1. The normalized spacial score (nSPS) is 10.2. The highest BCUT2D eigenvalue weighted by Crippen LogP contribution is 2.17. The largest absolute Gasteiger partial charge is 0.462 e. The molecule has 2 aromatic rings. The van der Waals surface area contributed by atoms with Crippen molar-refractivity contribution in [3.05, 3.63) is 34.7 Å². The highest BCUT2D eigenvalue weighted by molar-refractivity contribution is 7.71. The molecule has 0 fully saturated rings.